The highest BCUT2D eigenvalue weighted by atomic mass is 32.1. The molecule has 0 aliphatic carbocycles. The van der Waals surface area contributed by atoms with Crippen LogP contribution in [0.3, 0.4) is 0 Å². The topological polar surface area (TPSA) is 41.1 Å². The summed E-state index contributed by atoms with van der Waals surface area (Å²) in [6.45, 7) is 3.04. The first kappa shape index (κ1) is 13.2. The van der Waals surface area contributed by atoms with Gasteiger partial charge in [-0.3, -0.25) is 4.79 Å². The standard InChI is InChI=1S/C16H18N2OS/c1-11(15-5-3-9-20-15)18-16(19)13-6-7-14-12(10-13)4-2-8-17-14/h3,5-7,9-11,17H,2,4,8H2,1H3,(H,18,19)/t11-/m0/s1. The molecule has 0 radical (unpaired) electrons. The van der Waals surface area contributed by atoms with Gasteiger partial charge in [0.05, 0.1) is 6.04 Å². The highest BCUT2D eigenvalue weighted by molar-refractivity contribution is 7.10. The number of rotatable bonds is 3. The molecule has 1 aliphatic rings. The van der Waals surface area contributed by atoms with E-state index in [0.717, 1.165) is 24.9 Å². The lowest BCUT2D eigenvalue weighted by molar-refractivity contribution is 0.0940. The fourth-order valence-electron chi connectivity index (χ4n) is 2.50. The summed E-state index contributed by atoms with van der Waals surface area (Å²) in [7, 11) is 0. The molecule has 1 aromatic heterocycles. The summed E-state index contributed by atoms with van der Waals surface area (Å²) in [6.07, 6.45) is 2.17. The molecule has 2 heterocycles. The maximum atomic E-state index is 12.3. The summed E-state index contributed by atoms with van der Waals surface area (Å²) < 4.78 is 0. The number of aryl methyl sites for hydroxylation is 1. The quantitative estimate of drug-likeness (QED) is 0.905. The van der Waals surface area contributed by atoms with Crippen molar-refractivity contribution in [1.29, 1.82) is 0 Å². The van der Waals surface area contributed by atoms with Gasteiger partial charge >= 0.3 is 0 Å². The van der Waals surface area contributed by atoms with E-state index in [-0.39, 0.29) is 11.9 Å². The number of fused-ring (bicyclic) bond motifs is 1. The first-order valence-corrected chi connectivity index (χ1v) is 7.83. The van der Waals surface area contributed by atoms with Crippen molar-refractivity contribution in [1.82, 2.24) is 5.32 Å². The van der Waals surface area contributed by atoms with Gasteiger partial charge in [-0.15, -0.1) is 11.3 Å². The molecule has 1 aliphatic heterocycles. The molecule has 104 valence electrons. The maximum Gasteiger partial charge on any atom is 0.251 e. The van der Waals surface area contributed by atoms with Crippen molar-refractivity contribution < 1.29 is 4.79 Å². The second kappa shape index (κ2) is 5.67. The highest BCUT2D eigenvalue weighted by Crippen LogP contribution is 2.24. The largest absolute Gasteiger partial charge is 0.385 e. The first-order chi connectivity index (χ1) is 9.74. The zero-order valence-electron chi connectivity index (χ0n) is 11.5. The van der Waals surface area contributed by atoms with E-state index in [9.17, 15) is 4.79 Å². The lowest BCUT2D eigenvalue weighted by Crippen LogP contribution is -2.26. The first-order valence-electron chi connectivity index (χ1n) is 6.95. The van der Waals surface area contributed by atoms with Crippen molar-refractivity contribution in [2.75, 3.05) is 11.9 Å². The number of benzene rings is 1. The molecule has 3 nitrogen and oxygen atoms in total. The van der Waals surface area contributed by atoms with Gasteiger partial charge in [0.1, 0.15) is 0 Å². The summed E-state index contributed by atoms with van der Waals surface area (Å²) in [5, 5.41) is 8.45. The lowest BCUT2D eigenvalue weighted by atomic mass is 10.0. The Hall–Kier alpha value is -1.81. The van der Waals surface area contributed by atoms with Gasteiger partial charge in [-0.1, -0.05) is 6.07 Å². The van der Waals surface area contributed by atoms with Crippen LogP contribution < -0.4 is 10.6 Å². The van der Waals surface area contributed by atoms with Gasteiger partial charge in [-0.05, 0) is 55.0 Å². The summed E-state index contributed by atoms with van der Waals surface area (Å²) in [4.78, 5) is 13.5. The van der Waals surface area contributed by atoms with E-state index < -0.39 is 0 Å². The van der Waals surface area contributed by atoms with Gasteiger partial charge in [-0.2, -0.15) is 0 Å². The third-order valence-electron chi connectivity index (χ3n) is 3.62. The minimum absolute atomic E-state index is 0.000673. The van der Waals surface area contributed by atoms with Crippen LogP contribution in [0.2, 0.25) is 0 Å². The van der Waals surface area contributed by atoms with Gasteiger partial charge < -0.3 is 10.6 Å². The van der Waals surface area contributed by atoms with Gasteiger partial charge in [0.25, 0.3) is 5.91 Å². The SMILES string of the molecule is C[C@H](NC(=O)c1ccc2c(c1)CCCN2)c1cccs1. The van der Waals surface area contributed by atoms with Crippen LogP contribution in [-0.4, -0.2) is 12.5 Å². The number of carbonyl (C=O) groups excluding carboxylic acids is 1. The molecule has 0 unspecified atom stereocenters. The van der Waals surface area contributed by atoms with Crippen LogP contribution in [0.15, 0.2) is 35.7 Å². The molecule has 0 saturated carbocycles. The smallest absolute Gasteiger partial charge is 0.251 e. The van der Waals surface area contributed by atoms with E-state index in [4.69, 9.17) is 0 Å². The Labute approximate surface area is 123 Å². The van der Waals surface area contributed by atoms with Crippen molar-refractivity contribution >= 4 is 22.9 Å². The Morgan fingerprint density at radius 2 is 2.30 bits per heavy atom. The number of anilines is 1. The van der Waals surface area contributed by atoms with Crippen LogP contribution >= 0.6 is 11.3 Å². The molecular formula is C16H18N2OS. The molecule has 0 spiro atoms. The number of amides is 1. The number of hydrogen-bond donors (Lipinski definition) is 2. The third kappa shape index (κ3) is 2.70. The van der Waals surface area contributed by atoms with E-state index in [0.29, 0.717) is 0 Å². The Kier molecular flexibility index (Phi) is 3.74. The van der Waals surface area contributed by atoms with Crippen molar-refractivity contribution in [3.8, 4) is 0 Å². The van der Waals surface area contributed by atoms with Crippen molar-refractivity contribution in [3.63, 3.8) is 0 Å². The summed E-state index contributed by atoms with van der Waals surface area (Å²) in [5.41, 5.74) is 3.16. The second-order valence-corrected chi connectivity index (χ2v) is 6.09. The molecule has 1 atom stereocenters. The Morgan fingerprint density at radius 3 is 3.10 bits per heavy atom. The minimum atomic E-state index is -0.000673. The van der Waals surface area contributed by atoms with E-state index in [1.54, 1.807) is 11.3 Å². The van der Waals surface area contributed by atoms with Crippen molar-refractivity contribution in [2.24, 2.45) is 0 Å². The predicted molar refractivity (Wildman–Crippen MR) is 83.5 cm³/mol. The van der Waals surface area contributed by atoms with E-state index in [1.807, 2.05) is 42.6 Å². The molecular weight excluding hydrogens is 268 g/mol. The Bertz CT molecular complexity index is 607. The zero-order valence-corrected chi connectivity index (χ0v) is 12.3. The number of hydrogen-bond acceptors (Lipinski definition) is 3. The van der Waals surface area contributed by atoms with Crippen LogP contribution in [0.5, 0.6) is 0 Å². The van der Waals surface area contributed by atoms with E-state index in [2.05, 4.69) is 10.6 Å². The Balaban J connectivity index is 1.74. The van der Waals surface area contributed by atoms with E-state index in [1.165, 1.54) is 16.1 Å². The number of carbonyl (C=O) groups is 1. The predicted octanol–water partition coefficient (Wildman–Crippen LogP) is 3.60. The highest BCUT2D eigenvalue weighted by Gasteiger charge is 2.15. The van der Waals surface area contributed by atoms with Crippen LogP contribution in [0, 0.1) is 0 Å². The molecule has 1 aromatic carbocycles. The molecule has 2 aromatic rings. The molecule has 0 saturated heterocycles. The van der Waals surface area contributed by atoms with E-state index >= 15 is 0 Å². The summed E-state index contributed by atoms with van der Waals surface area (Å²) in [6, 6.07) is 10.0. The molecule has 2 N–H and O–H groups in total. The second-order valence-electron chi connectivity index (χ2n) is 5.11. The number of thiophene rings is 1. The monoisotopic (exact) mass is 286 g/mol. The van der Waals surface area contributed by atoms with Crippen LogP contribution in [0.1, 0.15) is 40.2 Å². The van der Waals surface area contributed by atoms with Gasteiger partial charge in [-0.25, -0.2) is 0 Å². The maximum absolute atomic E-state index is 12.3. The summed E-state index contributed by atoms with van der Waals surface area (Å²) in [5.74, 6) is -0.000673. The van der Waals surface area contributed by atoms with Crippen LogP contribution in [0.4, 0.5) is 5.69 Å². The average molecular weight is 286 g/mol. The molecule has 4 heteroatoms. The van der Waals surface area contributed by atoms with Crippen molar-refractivity contribution in [3.05, 3.63) is 51.7 Å². The lowest BCUT2D eigenvalue weighted by Gasteiger charge is -2.19. The third-order valence-corrected chi connectivity index (χ3v) is 4.68. The van der Waals surface area contributed by atoms with Crippen LogP contribution in [-0.2, 0) is 6.42 Å². The van der Waals surface area contributed by atoms with Crippen LogP contribution in [0.25, 0.3) is 0 Å². The van der Waals surface area contributed by atoms with Gasteiger partial charge in [0.2, 0.25) is 0 Å². The average Bonchev–Trinajstić information content (AvgIpc) is 3.01. The zero-order chi connectivity index (χ0) is 13.9. The normalized spacial score (nSPS) is 15.1. The fraction of sp³-hybridized carbons (Fsp3) is 0.312. The summed E-state index contributed by atoms with van der Waals surface area (Å²) >= 11 is 1.67. The van der Waals surface area contributed by atoms with Crippen molar-refractivity contribution in [2.45, 2.75) is 25.8 Å². The van der Waals surface area contributed by atoms with Gasteiger partial charge in [0.15, 0.2) is 0 Å². The minimum Gasteiger partial charge on any atom is -0.385 e. The molecule has 1 amide bonds. The number of nitrogens with one attached hydrogen (secondary N) is 2. The van der Waals surface area contributed by atoms with Gasteiger partial charge in [0, 0.05) is 22.7 Å². The molecule has 0 fully saturated rings. The fourth-order valence-corrected chi connectivity index (χ4v) is 3.24. The molecule has 20 heavy (non-hydrogen) atoms. The molecule has 3 rings (SSSR count). The Morgan fingerprint density at radius 1 is 1.40 bits per heavy atom. The molecule has 0 bridgehead atoms.